The minimum Gasteiger partial charge on any atom is -0.396 e. The van der Waals surface area contributed by atoms with E-state index in [0.29, 0.717) is 6.61 Å². The molecule has 0 aliphatic rings. The maximum atomic E-state index is 8.76. The maximum Gasteiger partial charge on any atom is 0.0644 e. The van der Waals surface area contributed by atoms with Gasteiger partial charge in [-0.05, 0) is 257 Å². The van der Waals surface area contributed by atoms with Crippen LogP contribution in [-0.2, 0) is 94.7 Å². The van der Waals surface area contributed by atoms with Gasteiger partial charge in [0.2, 0.25) is 0 Å². The molecule has 0 radical (unpaired) electrons. The van der Waals surface area contributed by atoms with E-state index >= 15 is 0 Å². The minimum absolute atomic E-state index is 0.247. The van der Waals surface area contributed by atoms with Gasteiger partial charge in [0, 0.05) is 264 Å². The van der Waals surface area contributed by atoms with Crippen LogP contribution in [-0.4, -0.2) is 276 Å². The summed E-state index contributed by atoms with van der Waals surface area (Å²) in [4.78, 5) is 0. The molecule has 0 bridgehead atoms. The van der Waals surface area contributed by atoms with Gasteiger partial charge in [-0.1, -0.05) is 6.08 Å². The Hall–Kier alpha value is -1.10. The van der Waals surface area contributed by atoms with Gasteiger partial charge in [0.1, 0.15) is 0 Å². The van der Waals surface area contributed by atoms with Crippen molar-refractivity contribution in [3.63, 3.8) is 0 Å². The summed E-state index contributed by atoms with van der Waals surface area (Å²) in [5.41, 5.74) is 0. The van der Waals surface area contributed by atoms with Gasteiger partial charge < -0.3 is 99.8 Å². The van der Waals surface area contributed by atoms with Crippen LogP contribution in [0.5, 0.6) is 0 Å². The van der Waals surface area contributed by atoms with Crippen LogP contribution >= 0.6 is 0 Å². The Morgan fingerprint density at radius 2 is 0.202 bits per heavy atom. The molecule has 624 valence electrons. The van der Waals surface area contributed by atoms with Gasteiger partial charge in [-0.15, -0.1) is 6.58 Å². The molecule has 0 aliphatic heterocycles. The molecule has 0 fully saturated rings. The van der Waals surface area contributed by atoms with Crippen LogP contribution in [0.2, 0.25) is 0 Å². The molecule has 1 N–H and O–H groups in total. The average Bonchev–Trinajstić information content (AvgIpc) is 3.68. The van der Waals surface area contributed by atoms with Crippen molar-refractivity contribution in [3.05, 3.63) is 12.7 Å². The Morgan fingerprint density at radius 1 is 0.125 bits per heavy atom. The highest BCUT2D eigenvalue weighted by atomic mass is 16.5. The van der Waals surface area contributed by atoms with Crippen molar-refractivity contribution >= 4 is 0 Å². The molecule has 21 nitrogen and oxygen atoms in total. The number of ether oxygens (including phenoxy) is 20. The zero-order valence-electron chi connectivity index (χ0n) is 67.2. The van der Waals surface area contributed by atoms with Crippen LogP contribution < -0.4 is 0 Å². The molecule has 0 spiro atoms. The molecule has 0 aromatic carbocycles. The van der Waals surface area contributed by atoms with Gasteiger partial charge in [-0.2, -0.15) is 0 Å². The summed E-state index contributed by atoms with van der Waals surface area (Å²) in [5, 5.41) is 8.76. The number of rotatable bonds is 101. The second kappa shape index (κ2) is 102. The third-order valence-corrected chi connectivity index (χ3v) is 16.7. The fourth-order valence-electron chi connectivity index (χ4n) is 10.2. The number of aliphatic hydroxyl groups excluding tert-OH is 1. The normalized spacial score (nSPS) is 11.8. The Morgan fingerprint density at radius 3 is 0.279 bits per heavy atom. The second-order valence-electron chi connectivity index (χ2n) is 26.9. The summed E-state index contributed by atoms with van der Waals surface area (Å²) in [5.74, 6) is 0. The van der Waals surface area contributed by atoms with Crippen molar-refractivity contribution in [2.45, 2.75) is 257 Å². The molecular weight excluding hydrogens is 1330 g/mol. The Balaban J connectivity index is 3.09. The summed E-state index contributed by atoms with van der Waals surface area (Å²) in [6.45, 7) is 35.7. The van der Waals surface area contributed by atoms with Gasteiger partial charge in [0.25, 0.3) is 0 Å². The quantitative estimate of drug-likeness (QED) is 0.0444. The zero-order valence-corrected chi connectivity index (χ0v) is 67.2. The molecule has 21 heteroatoms. The van der Waals surface area contributed by atoms with Crippen LogP contribution in [0.4, 0.5) is 0 Å². The van der Waals surface area contributed by atoms with Gasteiger partial charge >= 0.3 is 0 Å². The van der Waals surface area contributed by atoms with Crippen molar-refractivity contribution in [3.8, 4) is 0 Å². The monoisotopic (exact) mass is 1500 g/mol. The van der Waals surface area contributed by atoms with Gasteiger partial charge in [0.05, 0.1) is 6.61 Å². The van der Waals surface area contributed by atoms with Crippen LogP contribution in [0.15, 0.2) is 12.7 Å². The van der Waals surface area contributed by atoms with Crippen LogP contribution in [0.3, 0.4) is 0 Å². The predicted octanol–water partition coefficient (Wildman–Crippen LogP) is 16.1. The van der Waals surface area contributed by atoms with Gasteiger partial charge in [0.15, 0.2) is 0 Å². The Bertz CT molecular complexity index is 1470. The van der Waals surface area contributed by atoms with E-state index in [2.05, 4.69) is 6.58 Å². The first-order valence-corrected chi connectivity index (χ1v) is 42.7. The van der Waals surface area contributed by atoms with Crippen LogP contribution in [0.25, 0.3) is 0 Å². The van der Waals surface area contributed by atoms with E-state index in [-0.39, 0.29) is 6.61 Å². The largest absolute Gasteiger partial charge is 0.396 e. The van der Waals surface area contributed by atoms with Crippen molar-refractivity contribution in [2.24, 2.45) is 0 Å². The molecule has 0 rings (SSSR count). The highest BCUT2D eigenvalue weighted by molar-refractivity contribution is 4.63. The van der Waals surface area contributed by atoms with Crippen LogP contribution in [0.1, 0.15) is 257 Å². The lowest BCUT2D eigenvalue weighted by molar-refractivity contribution is 0.0755. The summed E-state index contributed by atoms with van der Waals surface area (Å²) in [7, 11) is 0. The first kappa shape index (κ1) is 103. The van der Waals surface area contributed by atoms with E-state index < -0.39 is 0 Å². The molecule has 0 atom stereocenters. The molecule has 0 heterocycles. The number of hydrogen-bond acceptors (Lipinski definition) is 21. The zero-order chi connectivity index (χ0) is 74.1. The highest BCUT2D eigenvalue weighted by Gasteiger charge is 2.04. The van der Waals surface area contributed by atoms with Crippen molar-refractivity contribution in [2.75, 3.05) is 271 Å². The lowest BCUT2D eigenvalue weighted by Crippen LogP contribution is -2.05. The molecule has 0 amide bonds. The van der Waals surface area contributed by atoms with E-state index in [1.165, 1.54) is 0 Å². The van der Waals surface area contributed by atoms with Crippen molar-refractivity contribution in [1.29, 1.82) is 0 Å². The molecule has 0 aliphatic carbocycles. The standard InChI is InChI=1S/C83H166O21/c1-2-44-85-46-5-6-48-87-50-9-10-52-89-54-13-14-56-91-58-17-18-60-93-62-21-22-64-95-66-25-26-68-97-70-29-30-72-99-74-33-34-76-101-78-37-38-80-103-82-41-42-83-104-81-40-39-79-102-77-36-35-75-100-73-32-31-71-98-69-28-27-67-96-65-24-23-63-94-61-20-19-59-92-57-16-15-55-90-53-12-11-51-88-49-8-7-47-86-45-4-3-43-84/h2,84H,1,3-83H2. The van der Waals surface area contributed by atoms with E-state index in [0.717, 1.165) is 515 Å². The predicted molar refractivity (Wildman–Crippen MR) is 418 cm³/mol. The number of unbranched alkanes of at least 4 members (excludes halogenated alkanes) is 20. The molecular formula is C83H166O21. The number of aliphatic hydroxyl groups is 1. The topological polar surface area (TPSA) is 205 Å². The Labute approximate surface area is 637 Å². The molecule has 0 unspecified atom stereocenters. The fraction of sp³-hybridized carbons (Fsp3) is 0.976. The lowest BCUT2D eigenvalue weighted by atomic mass is 10.3. The highest BCUT2D eigenvalue weighted by Crippen LogP contribution is 2.07. The van der Waals surface area contributed by atoms with Crippen molar-refractivity contribution in [1.82, 2.24) is 0 Å². The van der Waals surface area contributed by atoms with Gasteiger partial charge in [-0.3, -0.25) is 0 Å². The SMILES string of the molecule is C=CCOCCCCOCCCCOCCCCOCCCCOCCCCOCCCCOCCCCOCCCCOCCCCOCCCCOCCCCOCCCCOCCCCOCCCCOCCCCOCCCCOCCCCOCCCCOCCCCOCCCCO. The summed E-state index contributed by atoms with van der Waals surface area (Å²) in [6.07, 6.45) is 43.1. The van der Waals surface area contributed by atoms with E-state index in [1.54, 1.807) is 6.08 Å². The summed E-state index contributed by atoms with van der Waals surface area (Å²) in [6, 6.07) is 0. The van der Waals surface area contributed by atoms with E-state index in [9.17, 15) is 0 Å². The first-order chi connectivity index (χ1) is 51.9. The first-order valence-electron chi connectivity index (χ1n) is 42.7. The third-order valence-electron chi connectivity index (χ3n) is 16.7. The lowest BCUT2D eigenvalue weighted by Gasteiger charge is -2.08. The summed E-state index contributed by atoms with van der Waals surface area (Å²) < 4.78 is 115. The second-order valence-corrected chi connectivity index (χ2v) is 26.9. The fourth-order valence-corrected chi connectivity index (χ4v) is 10.2. The van der Waals surface area contributed by atoms with E-state index in [4.69, 9.17) is 99.8 Å². The molecule has 104 heavy (non-hydrogen) atoms. The third kappa shape index (κ3) is 101. The molecule has 0 aromatic rings. The Kier molecular flexibility index (Phi) is 101. The van der Waals surface area contributed by atoms with Crippen molar-refractivity contribution < 1.29 is 99.8 Å². The minimum atomic E-state index is 0.247. The van der Waals surface area contributed by atoms with E-state index in [1.807, 2.05) is 0 Å². The molecule has 0 aromatic heterocycles. The number of hydrogen-bond donors (Lipinski definition) is 1. The maximum absolute atomic E-state index is 8.76. The average molecular weight is 1500 g/mol. The van der Waals surface area contributed by atoms with Crippen LogP contribution in [0, 0.1) is 0 Å². The smallest absolute Gasteiger partial charge is 0.0644 e. The molecule has 0 saturated carbocycles. The van der Waals surface area contributed by atoms with Gasteiger partial charge in [-0.25, -0.2) is 0 Å². The molecule has 0 saturated heterocycles. The summed E-state index contributed by atoms with van der Waals surface area (Å²) >= 11 is 0.